The topological polar surface area (TPSA) is 84.0 Å². The molecule has 1 saturated carbocycles. The molecule has 2 aliphatic rings. The van der Waals surface area contributed by atoms with Crippen LogP contribution in [0.2, 0.25) is 0 Å². The Morgan fingerprint density at radius 1 is 0.885 bits per heavy atom. The lowest BCUT2D eigenvalue weighted by atomic mass is 10.1. The Kier molecular flexibility index (Phi) is 5.95. The average molecular weight is 389 g/mol. The molecule has 26 heavy (non-hydrogen) atoms. The predicted octanol–water partition coefficient (Wildman–Crippen LogP) is 2.20. The van der Waals surface area contributed by atoms with Gasteiger partial charge in [0.1, 0.15) is 10.3 Å². The monoisotopic (exact) mass is 388 g/mol. The highest BCUT2D eigenvalue weighted by Crippen LogP contribution is 2.33. The van der Waals surface area contributed by atoms with Gasteiger partial charge in [-0.25, -0.2) is 13.2 Å². The van der Waals surface area contributed by atoms with Gasteiger partial charge in [-0.1, -0.05) is 12.8 Å². The van der Waals surface area contributed by atoms with E-state index in [4.69, 9.17) is 4.74 Å². The van der Waals surface area contributed by atoms with Gasteiger partial charge in [0, 0.05) is 26.2 Å². The molecule has 0 spiro atoms. The molecule has 8 heteroatoms. The Morgan fingerprint density at radius 2 is 1.35 bits per heavy atom. The van der Waals surface area contributed by atoms with Crippen LogP contribution < -0.4 is 0 Å². The first-order valence-electron chi connectivity index (χ1n) is 9.37. The van der Waals surface area contributed by atoms with Crippen molar-refractivity contribution in [2.75, 3.05) is 26.2 Å². The van der Waals surface area contributed by atoms with Crippen LogP contribution in [0.5, 0.6) is 0 Å². The van der Waals surface area contributed by atoms with E-state index in [1.165, 1.54) is 13.8 Å². The third-order valence-electron chi connectivity index (χ3n) is 5.19. The van der Waals surface area contributed by atoms with Crippen molar-refractivity contribution < 1.29 is 22.7 Å². The van der Waals surface area contributed by atoms with Gasteiger partial charge in [0.05, 0.1) is 5.25 Å². The second-order valence-electron chi connectivity index (χ2n) is 8.72. The van der Waals surface area contributed by atoms with Crippen molar-refractivity contribution in [1.82, 2.24) is 9.80 Å². The Morgan fingerprint density at radius 3 is 1.81 bits per heavy atom. The van der Waals surface area contributed by atoms with E-state index in [1.54, 1.807) is 30.6 Å². The standard InChI is InChI=1S/C18H32N2O5S/c1-17(2,3)25-16(22)20-12-10-19(11-13-20)15(21)18(4,5)26(23,24)14-8-6-7-9-14/h14H,6-13H2,1-5H3. The summed E-state index contributed by atoms with van der Waals surface area (Å²) < 4.78 is 29.8. The van der Waals surface area contributed by atoms with Crippen molar-refractivity contribution >= 4 is 21.8 Å². The van der Waals surface area contributed by atoms with Gasteiger partial charge in [-0.05, 0) is 47.5 Å². The molecule has 0 atom stereocenters. The van der Waals surface area contributed by atoms with Gasteiger partial charge in [-0.2, -0.15) is 0 Å². The lowest BCUT2D eigenvalue weighted by molar-refractivity contribution is -0.135. The third-order valence-corrected chi connectivity index (χ3v) is 8.13. The summed E-state index contributed by atoms with van der Waals surface area (Å²) in [5.74, 6) is -0.367. The SMILES string of the molecule is CC(C)(C)OC(=O)N1CCN(C(=O)C(C)(C)S(=O)(=O)C2CCCC2)CC1. The normalized spacial score (nSPS) is 20.3. The fraction of sp³-hybridized carbons (Fsp3) is 0.889. The molecule has 2 amide bonds. The molecule has 0 N–H and O–H groups in total. The molecule has 1 saturated heterocycles. The lowest BCUT2D eigenvalue weighted by Gasteiger charge is -2.39. The average Bonchev–Trinajstić information content (AvgIpc) is 3.07. The fourth-order valence-corrected chi connectivity index (χ4v) is 5.70. The van der Waals surface area contributed by atoms with Crippen LogP contribution in [0.3, 0.4) is 0 Å². The Hall–Kier alpha value is -1.31. The van der Waals surface area contributed by atoms with E-state index < -0.39 is 31.5 Å². The zero-order valence-electron chi connectivity index (χ0n) is 16.6. The highest BCUT2D eigenvalue weighted by molar-refractivity contribution is 7.94. The van der Waals surface area contributed by atoms with E-state index in [0.717, 1.165) is 12.8 Å². The Bertz CT molecular complexity index is 637. The van der Waals surface area contributed by atoms with Crippen molar-refractivity contribution in [3.8, 4) is 0 Å². The van der Waals surface area contributed by atoms with Gasteiger partial charge in [0.2, 0.25) is 5.91 Å². The molecule has 7 nitrogen and oxygen atoms in total. The number of nitrogens with zero attached hydrogens (tertiary/aromatic N) is 2. The van der Waals surface area contributed by atoms with E-state index >= 15 is 0 Å². The van der Waals surface area contributed by atoms with Gasteiger partial charge < -0.3 is 14.5 Å². The summed E-state index contributed by atoms with van der Waals surface area (Å²) in [5.41, 5.74) is -0.568. The second-order valence-corrected chi connectivity index (χ2v) is 11.5. The van der Waals surface area contributed by atoms with Crippen LogP contribution in [-0.2, 0) is 19.4 Å². The molecule has 2 rings (SSSR count). The van der Waals surface area contributed by atoms with Crippen molar-refractivity contribution in [1.29, 1.82) is 0 Å². The number of sulfone groups is 1. The van der Waals surface area contributed by atoms with E-state index in [9.17, 15) is 18.0 Å². The third kappa shape index (κ3) is 4.32. The van der Waals surface area contributed by atoms with E-state index in [0.29, 0.717) is 39.0 Å². The van der Waals surface area contributed by atoms with Crippen molar-refractivity contribution in [2.45, 2.75) is 75.9 Å². The fourth-order valence-electron chi connectivity index (χ4n) is 3.54. The number of hydrogen-bond donors (Lipinski definition) is 0. The highest BCUT2D eigenvalue weighted by Gasteiger charge is 2.49. The number of rotatable bonds is 3. The maximum absolute atomic E-state index is 12.9. The summed E-state index contributed by atoms with van der Waals surface area (Å²) >= 11 is 0. The summed E-state index contributed by atoms with van der Waals surface area (Å²) in [6, 6.07) is 0. The van der Waals surface area contributed by atoms with Gasteiger partial charge in [-0.3, -0.25) is 4.79 Å². The van der Waals surface area contributed by atoms with Crippen LogP contribution in [0.15, 0.2) is 0 Å². The second kappa shape index (κ2) is 7.37. The van der Waals surface area contributed by atoms with Gasteiger partial charge in [-0.15, -0.1) is 0 Å². The van der Waals surface area contributed by atoms with Crippen LogP contribution in [0.1, 0.15) is 60.3 Å². The molecule has 0 aromatic carbocycles. The van der Waals surface area contributed by atoms with Crippen LogP contribution in [-0.4, -0.2) is 72.0 Å². The summed E-state index contributed by atoms with van der Waals surface area (Å²) in [6.07, 6.45) is 2.70. The highest BCUT2D eigenvalue weighted by atomic mass is 32.2. The number of ether oxygens (including phenoxy) is 1. The maximum atomic E-state index is 12.9. The van der Waals surface area contributed by atoms with Crippen molar-refractivity contribution in [3.05, 3.63) is 0 Å². The van der Waals surface area contributed by atoms with Crippen LogP contribution in [0, 0.1) is 0 Å². The molecule has 1 aliphatic carbocycles. The Balaban J connectivity index is 2.00. The summed E-state index contributed by atoms with van der Waals surface area (Å²) in [7, 11) is -3.54. The molecule has 1 heterocycles. The van der Waals surface area contributed by atoms with E-state index in [1.807, 2.05) is 0 Å². The minimum Gasteiger partial charge on any atom is -0.444 e. The van der Waals surface area contributed by atoms with Crippen molar-refractivity contribution in [3.63, 3.8) is 0 Å². The first-order valence-corrected chi connectivity index (χ1v) is 10.9. The maximum Gasteiger partial charge on any atom is 0.410 e. The minimum atomic E-state index is -3.54. The molecule has 0 radical (unpaired) electrons. The lowest BCUT2D eigenvalue weighted by Crippen LogP contribution is -2.58. The number of carbonyl (C=O) groups is 2. The number of piperazine rings is 1. The Labute approximate surface area is 157 Å². The summed E-state index contributed by atoms with van der Waals surface area (Å²) in [6.45, 7) is 9.79. The molecular weight excluding hydrogens is 356 g/mol. The van der Waals surface area contributed by atoms with Gasteiger partial charge in [0.25, 0.3) is 0 Å². The minimum absolute atomic E-state index is 0.321. The molecule has 1 aliphatic heterocycles. The van der Waals surface area contributed by atoms with E-state index in [2.05, 4.69) is 0 Å². The van der Waals surface area contributed by atoms with Crippen molar-refractivity contribution in [2.24, 2.45) is 0 Å². The van der Waals surface area contributed by atoms with Crippen LogP contribution in [0.4, 0.5) is 4.79 Å². The predicted molar refractivity (Wildman–Crippen MR) is 99.6 cm³/mol. The first-order chi connectivity index (χ1) is 11.9. The number of carbonyl (C=O) groups excluding carboxylic acids is 2. The van der Waals surface area contributed by atoms with Gasteiger partial charge >= 0.3 is 6.09 Å². The van der Waals surface area contributed by atoms with E-state index in [-0.39, 0.29) is 5.91 Å². The zero-order valence-corrected chi connectivity index (χ0v) is 17.4. The zero-order chi connectivity index (χ0) is 19.8. The number of amides is 2. The largest absolute Gasteiger partial charge is 0.444 e. The molecule has 0 aromatic heterocycles. The quantitative estimate of drug-likeness (QED) is 0.740. The molecule has 0 bridgehead atoms. The summed E-state index contributed by atoms with van der Waals surface area (Å²) in [4.78, 5) is 28.2. The molecule has 2 fully saturated rings. The molecule has 150 valence electrons. The van der Waals surface area contributed by atoms with Crippen LogP contribution >= 0.6 is 0 Å². The first kappa shape index (κ1) is 21.0. The molecule has 0 aromatic rings. The van der Waals surface area contributed by atoms with Crippen LogP contribution in [0.25, 0.3) is 0 Å². The summed E-state index contributed by atoms with van der Waals surface area (Å²) in [5, 5.41) is -0.412. The molecular formula is C18H32N2O5S. The molecule has 0 unspecified atom stereocenters. The van der Waals surface area contributed by atoms with Gasteiger partial charge in [0.15, 0.2) is 9.84 Å². The smallest absolute Gasteiger partial charge is 0.410 e. The number of hydrogen-bond acceptors (Lipinski definition) is 5.